The number of aromatic carboxylic acids is 1. The van der Waals surface area contributed by atoms with E-state index in [0.29, 0.717) is 15.5 Å². The average molecular weight is 320 g/mol. The fourth-order valence-electron chi connectivity index (χ4n) is 2.04. The second-order valence-electron chi connectivity index (χ2n) is 4.49. The minimum Gasteiger partial charge on any atom is -0.477 e. The van der Waals surface area contributed by atoms with Gasteiger partial charge in [-0.15, -0.1) is 11.3 Å². The van der Waals surface area contributed by atoms with Crippen molar-refractivity contribution >= 4 is 39.3 Å². The molecule has 0 fully saturated rings. The molecule has 3 heterocycles. The van der Waals surface area contributed by atoms with Gasteiger partial charge in [-0.3, -0.25) is 4.68 Å². The number of aromatic nitrogens is 4. The molecule has 108 valence electrons. The van der Waals surface area contributed by atoms with Crippen LogP contribution in [-0.4, -0.2) is 30.8 Å². The van der Waals surface area contributed by atoms with E-state index in [1.165, 1.54) is 17.7 Å². The van der Waals surface area contributed by atoms with Crippen LogP contribution in [0.4, 0.5) is 0 Å². The molecule has 0 aliphatic rings. The van der Waals surface area contributed by atoms with Crippen molar-refractivity contribution in [1.29, 1.82) is 0 Å². The summed E-state index contributed by atoms with van der Waals surface area (Å²) in [4.78, 5) is 20.7. The zero-order valence-corrected chi connectivity index (χ0v) is 13.0. The van der Waals surface area contributed by atoms with Gasteiger partial charge in [-0.25, -0.2) is 14.8 Å². The van der Waals surface area contributed by atoms with Crippen molar-refractivity contribution in [2.45, 2.75) is 17.7 Å². The van der Waals surface area contributed by atoms with Crippen molar-refractivity contribution in [3.8, 4) is 0 Å². The Morgan fingerprint density at radius 1 is 1.48 bits per heavy atom. The summed E-state index contributed by atoms with van der Waals surface area (Å²) in [6.45, 7) is 1.80. The number of rotatable bonds is 4. The molecular weight excluding hydrogens is 308 g/mol. The van der Waals surface area contributed by atoms with Gasteiger partial charge in [0, 0.05) is 24.4 Å². The number of carboxylic acids is 1. The summed E-state index contributed by atoms with van der Waals surface area (Å²) in [6, 6.07) is 1.95. The summed E-state index contributed by atoms with van der Waals surface area (Å²) in [5, 5.41) is 15.2. The van der Waals surface area contributed by atoms with Crippen LogP contribution in [0.2, 0.25) is 0 Å². The highest BCUT2D eigenvalue weighted by molar-refractivity contribution is 7.98. The van der Waals surface area contributed by atoms with E-state index >= 15 is 0 Å². The molecule has 8 heteroatoms. The molecule has 0 atom stereocenters. The first kappa shape index (κ1) is 14.0. The number of thioether (sulfide) groups is 1. The third kappa shape index (κ3) is 2.64. The maximum absolute atomic E-state index is 11.2. The lowest BCUT2D eigenvalue weighted by atomic mass is 10.2. The number of aryl methyl sites for hydroxylation is 2. The van der Waals surface area contributed by atoms with E-state index in [9.17, 15) is 9.90 Å². The predicted molar refractivity (Wildman–Crippen MR) is 81.9 cm³/mol. The van der Waals surface area contributed by atoms with Gasteiger partial charge in [-0.1, -0.05) is 11.8 Å². The Labute approximate surface area is 128 Å². The highest BCUT2D eigenvalue weighted by Gasteiger charge is 2.18. The van der Waals surface area contributed by atoms with E-state index < -0.39 is 5.97 Å². The van der Waals surface area contributed by atoms with Gasteiger partial charge in [-0.2, -0.15) is 5.10 Å². The van der Waals surface area contributed by atoms with Crippen molar-refractivity contribution in [3.63, 3.8) is 0 Å². The van der Waals surface area contributed by atoms with E-state index in [4.69, 9.17) is 0 Å². The van der Waals surface area contributed by atoms with Crippen LogP contribution in [0.5, 0.6) is 0 Å². The van der Waals surface area contributed by atoms with Gasteiger partial charge in [0.1, 0.15) is 21.1 Å². The van der Waals surface area contributed by atoms with Crippen molar-refractivity contribution in [2.75, 3.05) is 0 Å². The largest absolute Gasteiger partial charge is 0.477 e. The Bertz CT molecular complexity index is 825. The van der Waals surface area contributed by atoms with Crippen LogP contribution in [0.15, 0.2) is 23.6 Å². The minimum absolute atomic E-state index is 0.324. The lowest BCUT2D eigenvalue weighted by Gasteiger charge is -2.01. The molecule has 0 bridgehead atoms. The third-order valence-corrected chi connectivity index (χ3v) is 5.22. The number of hydrogen-bond donors (Lipinski definition) is 1. The van der Waals surface area contributed by atoms with Crippen LogP contribution in [0, 0.1) is 6.92 Å². The fraction of sp³-hybridized carbons (Fsp3) is 0.231. The van der Waals surface area contributed by atoms with Gasteiger partial charge in [-0.05, 0) is 18.6 Å². The third-order valence-electron chi connectivity index (χ3n) is 3.01. The van der Waals surface area contributed by atoms with Gasteiger partial charge < -0.3 is 5.11 Å². The molecule has 1 N–H and O–H groups in total. The first-order valence-corrected chi connectivity index (χ1v) is 7.95. The van der Waals surface area contributed by atoms with E-state index in [-0.39, 0.29) is 0 Å². The standard InChI is InChI=1S/C13H12N4O2S2/c1-7-9-11(20-5-8-3-4-17(2)16-8)14-6-15-12(9)21-10(7)13(18)19/h3-4,6H,5H2,1-2H3,(H,18,19). The van der Waals surface area contributed by atoms with Crippen molar-refractivity contribution in [2.24, 2.45) is 7.05 Å². The van der Waals surface area contributed by atoms with Crippen molar-refractivity contribution in [1.82, 2.24) is 19.7 Å². The summed E-state index contributed by atoms with van der Waals surface area (Å²) in [6.07, 6.45) is 3.37. The Kier molecular flexibility index (Phi) is 3.64. The summed E-state index contributed by atoms with van der Waals surface area (Å²) >= 11 is 2.73. The topological polar surface area (TPSA) is 80.9 Å². The van der Waals surface area contributed by atoms with Crippen LogP contribution in [-0.2, 0) is 12.8 Å². The van der Waals surface area contributed by atoms with Gasteiger partial charge in [0.15, 0.2) is 0 Å². The van der Waals surface area contributed by atoms with Gasteiger partial charge >= 0.3 is 5.97 Å². The fourth-order valence-corrected chi connectivity index (χ4v) is 4.04. The molecule has 0 aliphatic carbocycles. The second kappa shape index (κ2) is 5.45. The predicted octanol–water partition coefficient (Wildman–Crippen LogP) is 2.72. The average Bonchev–Trinajstić information content (AvgIpc) is 3.01. The van der Waals surface area contributed by atoms with Crippen LogP contribution in [0.25, 0.3) is 10.2 Å². The molecule has 0 aromatic carbocycles. The Hall–Kier alpha value is -1.93. The van der Waals surface area contributed by atoms with Crippen molar-refractivity contribution < 1.29 is 9.90 Å². The van der Waals surface area contributed by atoms with Gasteiger partial charge in [0.25, 0.3) is 0 Å². The summed E-state index contributed by atoms with van der Waals surface area (Å²) in [7, 11) is 1.87. The molecule has 3 aromatic heterocycles. The number of fused-ring (bicyclic) bond motifs is 1. The maximum atomic E-state index is 11.2. The molecule has 0 amide bonds. The number of carboxylic acid groups (broad SMARTS) is 1. The zero-order valence-electron chi connectivity index (χ0n) is 11.4. The number of hydrogen-bond acceptors (Lipinski definition) is 6. The Morgan fingerprint density at radius 3 is 2.95 bits per heavy atom. The summed E-state index contributed by atoms with van der Waals surface area (Å²) < 4.78 is 1.75. The maximum Gasteiger partial charge on any atom is 0.346 e. The zero-order chi connectivity index (χ0) is 15.0. The molecule has 6 nitrogen and oxygen atoms in total. The Balaban J connectivity index is 1.96. The smallest absolute Gasteiger partial charge is 0.346 e. The van der Waals surface area contributed by atoms with E-state index in [0.717, 1.165) is 21.7 Å². The molecule has 3 rings (SSSR count). The normalized spacial score (nSPS) is 11.1. The molecule has 21 heavy (non-hydrogen) atoms. The molecule has 0 saturated heterocycles. The van der Waals surface area contributed by atoms with Crippen LogP contribution < -0.4 is 0 Å². The molecule has 0 radical (unpaired) electrons. The Morgan fingerprint density at radius 2 is 2.29 bits per heavy atom. The molecule has 3 aromatic rings. The van der Waals surface area contributed by atoms with E-state index in [2.05, 4.69) is 15.1 Å². The van der Waals surface area contributed by atoms with E-state index in [1.54, 1.807) is 23.4 Å². The first-order chi connectivity index (χ1) is 10.1. The summed E-state index contributed by atoms with van der Waals surface area (Å²) in [5.41, 5.74) is 1.69. The molecule has 0 spiro atoms. The SMILES string of the molecule is Cc1c(C(=O)O)sc2ncnc(SCc3ccn(C)n3)c12. The van der Waals surface area contributed by atoms with E-state index in [1.807, 2.05) is 19.3 Å². The number of nitrogens with zero attached hydrogens (tertiary/aromatic N) is 4. The van der Waals surface area contributed by atoms with Crippen LogP contribution >= 0.6 is 23.1 Å². The first-order valence-electron chi connectivity index (χ1n) is 6.15. The highest BCUT2D eigenvalue weighted by Crippen LogP contribution is 2.35. The lowest BCUT2D eigenvalue weighted by Crippen LogP contribution is -1.94. The van der Waals surface area contributed by atoms with Crippen molar-refractivity contribution in [3.05, 3.63) is 34.7 Å². The highest BCUT2D eigenvalue weighted by atomic mass is 32.2. The molecule has 0 unspecified atom stereocenters. The monoisotopic (exact) mass is 320 g/mol. The number of thiophene rings is 1. The van der Waals surface area contributed by atoms with Crippen LogP contribution in [0.3, 0.4) is 0 Å². The quantitative estimate of drug-likeness (QED) is 0.588. The van der Waals surface area contributed by atoms with Gasteiger partial charge in [0.05, 0.1) is 5.69 Å². The second-order valence-corrected chi connectivity index (χ2v) is 6.45. The lowest BCUT2D eigenvalue weighted by molar-refractivity contribution is 0.0701. The molecular formula is C13H12N4O2S2. The van der Waals surface area contributed by atoms with Crippen LogP contribution in [0.1, 0.15) is 20.9 Å². The summed E-state index contributed by atoms with van der Waals surface area (Å²) in [5.74, 6) is -0.235. The minimum atomic E-state index is -0.920. The molecule has 0 aliphatic heterocycles. The molecule has 0 saturated carbocycles. The van der Waals surface area contributed by atoms with Gasteiger partial charge in [0.2, 0.25) is 0 Å². The number of carbonyl (C=O) groups is 1.